The van der Waals surface area contributed by atoms with Gasteiger partial charge < -0.3 is 4.42 Å². The molecule has 0 saturated heterocycles. The van der Waals surface area contributed by atoms with Crippen molar-refractivity contribution in [3.05, 3.63) is 175 Å². The van der Waals surface area contributed by atoms with E-state index in [0.29, 0.717) is 0 Å². The number of rotatable bonds is 2. The number of aromatic nitrogens is 3. The summed E-state index contributed by atoms with van der Waals surface area (Å²) in [5, 5.41) is 14.4. The summed E-state index contributed by atoms with van der Waals surface area (Å²) in [5.41, 5.74) is 9.69. The van der Waals surface area contributed by atoms with Gasteiger partial charge in [0.2, 0.25) is 0 Å². The minimum Gasteiger partial charge on any atom is -0.456 e. The molecule has 0 amide bonds. The maximum absolute atomic E-state index is 6.49. The molecule has 0 unspecified atom stereocenters. The van der Waals surface area contributed by atoms with E-state index in [1.165, 1.54) is 59.4 Å². The lowest BCUT2D eigenvalue weighted by Gasteiger charge is -2.22. The van der Waals surface area contributed by atoms with Crippen LogP contribution >= 0.6 is 0 Å². The Balaban J connectivity index is 1.27. The van der Waals surface area contributed by atoms with Crippen LogP contribution in [0.1, 0.15) is 25.1 Å². The molecule has 0 aliphatic heterocycles. The Morgan fingerprint density at radius 1 is 0.439 bits per heavy atom. The van der Waals surface area contributed by atoms with Crippen molar-refractivity contribution in [3.63, 3.8) is 0 Å². The molecule has 1 aliphatic carbocycles. The van der Waals surface area contributed by atoms with E-state index in [1.54, 1.807) is 0 Å². The SMILES string of the molecule is CC1(C)c2ccccc2-c2nc(-n3c4cc5ccccc5cc4c4c5c6ccccc6c6ccccc6c5ccc43)c(-c3cccc4oc5ccccc5c34)nc21. The van der Waals surface area contributed by atoms with Crippen LogP contribution in [0, 0.1) is 0 Å². The third-order valence-electron chi connectivity index (χ3n) is 12.7. The smallest absolute Gasteiger partial charge is 0.165 e. The molecule has 0 saturated carbocycles. The van der Waals surface area contributed by atoms with Gasteiger partial charge in [0.05, 0.1) is 22.4 Å². The summed E-state index contributed by atoms with van der Waals surface area (Å²) >= 11 is 0. The average Bonchev–Trinajstić information content (AvgIpc) is 3.87. The first-order chi connectivity index (χ1) is 28.0. The zero-order chi connectivity index (χ0) is 37.6. The molecule has 3 aromatic heterocycles. The number of hydrogen-bond donors (Lipinski definition) is 0. The highest BCUT2D eigenvalue weighted by molar-refractivity contribution is 6.36. The average molecular weight is 728 g/mol. The summed E-state index contributed by atoms with van der Waals surface area (Å²) in [6.07, 6.45) is 0. The standard InChI is InChI=1S/C53H33N3O/c1-53(2)41-23-11-9-20-37(41)49-51(53)54-50(39-22-13-25-45-46(39)38-21-10-12-24-44(38)57-45)52(55-49)56-42-27-26-36-34-18-6-5-16-32(34)33-17-7-8-19-35(33)47(36)48(42)40-28-30-14-3-4-15-31(30)29-43(40)56/h3-29H,1-2H3. The van der Waals surface area contributed by atoms with Gasteiger partial charge in [-0.1, -0.05) is 147 Å². The minimum absolute atomic E-state index is 0.342. The van der Waals surface area contributed by atoms with E-state index in [9.17, 15) is 0 Å². The van der Waals surface area contributed by atoms with Gasteiger partial charge in [-0.15, -0.1) is 0 Å². The third-order valence-corrected chi connectivity index (χ3v) is 12.7. The monoisotopic (exact) mass is 727 g/mol. The summed E-state index contributed by atoms with van der Waals surface area (Å²) in [5.74, 6) is 0.804. The van der Waals surface area contributed by atoms with E-state index >= 15 is 0 Å². The maximum Gasteiger partial charge on any atom is 0.165 e. The summed E-state index contributed by atoms with van der Waals surface area (Å²) in [4.78, 5) is 11.6. The molecule has 12 aromatic rings. The van der Waals surface area contributed by atoms with Crippen molar-refractivity contribution >= 4 is 86.8 Å². The number of nitrogens with zero attached hydrogens (tertiary/aromatic N) is 3. The van der Waals surface area contributed by atoms with Crippen molar-refractivity contribution in [1.82, 2.24) is 14.5 Å². The van der Waals surface area contributed by atoms with Crippen molar-refractivity contribution in [2.24, 2.45) is 0 Å². The van der Waals surface area contributed by atoms with Crippen LogP contribution in [0.15, 0.2) is 168 Å². The van der Waals surface area contributed by atoms with Gasteiger partial charge in [0.1, 0.15) is 16.9 Å². The topological polar surface area (TPSA) is 43.9 Å². The van der Waals surface area contributed by atoms with Gasteiger partial charge in [-0.25, -0.2) is 9.97 Å². The van der Waals surface area contributed by atoms with Crippen LogP contribution in [0.2, 0.25) is 0 Å². The van der Waals surface area contributed by atoms with Crippen molar-refractivity contribution in [3.8, 4) is 28.3 Å². The normalized spacial score (nSPS) is 13.6. The molecule has 0 bridgehead atoms. The molecule has 0 spiro atoms. The van der Waals surface area contributed by atoms with Crippen LogP contribution in [-0.2, 0) is 5.41 Å². The summed E-state index contributed by atoms with van der Waals surface area (Å²) in [7, 11) is 0. The van der Waals surface area contributed by atoms with E-state index in [4.69, 9.17) is 14.4 Å². The number of para-hydroxylation sites is 1. The van der Waals surface area contributed by atoms with Crippen LogP contribution in [0.25, 0.3) is 115 Å². The fourth-order valence-electron chi connectivity index (χ4n) is 10.1. The first-order valence-corrected chi connectivity index (χ1v) is 19.7. The van der Waals surface area contributed by atoms with E-state index in [0.717, 1.165) is 67.0 Å². The Hall–Kier alpha value is -7.30. The third kappa shape index (κ3) is 4.01. The Kier molecular flexibility index (Phi) is 5.94. The van der Waals surface area contributed by atoms with Crippen LogP contribution in [-0.4, -0.2) is 14.5 Å². The highest BCUT2D eigenvalue weighted by Gasteiger charge is 2.40. The number of fused-ring (bicyclic) bond motifs is 17. The second-order valence-corrected chi connectivity index (χ2v) is 16.1. The Bertz CT molecular complexity index is 3700. The summed E-state index contributed by atoms with van der Waals surface area (Å²) in [6, 6.07) is 59.1. The van der Waals surface area contributed by atoms with Crippen molar-refractivity contribution in [2.75, 3.05) is 0 Å². The van der Waals surface area contributed by atoms with Gasteiger partial charge in [-0.2, -0.15) is 0 Å². The fourth-order valence-corrected chi connectivity index (χ4v) is 10.1. The summed E-state index contributed by atoms with van der Waals surface area (Å²) in [6.45, 7) is 4.55. The molecule has 266 valence electrons. The molecule has 1 aliphatic rings. The lowest BCUT2D eigenvalue weighted by atomic mass is 9.85. The van der Waals surface area contributed by atoms with Gasteiger partial charge in [0.25, 0.3) is 0 Å². The molecule has 0 fully saturated rings. The molecule has 3 heterocycles. The van der Waals surface area contributed by atoms with E-state index < -0.39 is 0 Å². The van der Waals surface area contributed by atoms with Gasteiger partial charge in [-0.05, 0) is 73.6 Å². The van der Waals surface area contributed by atoms with Crippen molar-refractivity contribution in [1.29, 1.82) is 0 Å². The second-order valence-electron chi connectivity index (χ2n) is 16.1. The van der Waals surface area contributed by atoms with Gasteiger partial charge in [0.15, 0.2) is 5.82 Å². The Morgan fingerprint density at radius 3 is 1.86 bits per heavy atom. The lowest BCUT2D eigenvalue weighted by molar-refractivity contribution is 0.635. The Morgan fingerprint density at radius 2 is 1.05 bits per heavy atom. The molecule has 4 heteroatoms. The highest BCUT2D eigenvalue weighted by atomic mass is 16.3. The van der Waals surface area contributed by atoms with Gasteiger partial charge in [0, 0.05) is 43.5 Å². The van der Waals surface area contributed by atoms with E-state index in [1.807, 2.05) is 12.1 Å². The second kappa shape index (κ2) is 10.9. The zero-order valence-corrected chi connectivity index (χ0v) is 31.3. The zero-order valence-electron chi connectivity index (χ0n) is 31.3. The largest absolute Gasteiger partial charge is 0.456 e. The number of furan rings is 1. The van der Waals surface area contributed by atoms with Gasteiger partial charge >= 0.3 is 0 Å². The molecule has 0 radical (unpaired) electrons. The predicted molar refractivity (Wildman–Crippen MR) is 237 cm³/mol. The predicted octanol–water partition coefficient (Wildman–Crippen LogP) is 14.1. The summed E-state index contributed by atoms with van der Waals surface area (Å²) < 4.78 is 8.89. The molecule has 57 heavy (non-hydrogen) atoms. The molecular formula is C53H33N3O. The Labute approximate surface area is 327 Å². The van der Waals surface area contributed by atoms with Crippen molar-refractivity contribution < 1.29 is 4.42 Å². The van der Waals surface area contributed by atoms with Crippen molar-refractivity contribution in [2.45, 2.75) is 19.3 Å². The van der Waals surface area contributed by atoms with E-state index in [-0.39, 0.29) is 5.41 Å². The van der Waals surface area contributed by atoms with Gasteiger partial charge in [-0.3, -0.25) is 4.57 Å². The molecule has 0 N–H and O–H groups in total. The fraction of sp³-hybridized carbons (Fsp3) is 0.0566. The lowest BCUT2D eigenvalue weighted by Crippen LogP contribution is -2.18. The van der Waals surface area contributed by atoms with Crippen LogP contribution in [0.3, 0.4) is 0 Å². The molecule has 13 rings (SSSR count). The molecule has 4 nitrogen and oxygen atoms in total. The first-order valence-electron chi connectivity index (χ1n) is 19.7. The van der Waals surface area contributed by atoms with E-state index in [2.05, 4.69) is 170 Å². The highest BCUT2D eigenvalue weighted by Crippen LogP contribution is 2.51. The quantitative estimate of drug-likeness (QED) is 0.167. The van der Waals surface area contributed by atoms with Crippen LogP contribution < -0.4 is 0 Å². The first kappa shape index (κ1) is 31.0. The molecular weight excluding hydrogens is 695 g/mol. The number of hydrogen-bond acceptors (Lipinski definition) is 3. The van der Waals surface area contributed by atoms with Crippen LogP contribution in [0.5, 0.6) is 0 Å². The molecule has 0 atom stereocenters. The molecule has 9 aromatic carbocycles. The maximum atomic E-state index is 6.49. The minimum atomic E-state index is -0.342. The number of benzene rings is 9. The van der Waals surface area contributed by atoms with Crippen LogP contribution in [0.4, 0.5) is 0 Å².